The van der Waals surface area contributed by atoms with Gasteiger partial charge in [-0.2, -0.15) is 0 Å². The van der Waals surface area contributed by atoms with Gasteiger partial charge in [-0.1, -0.05) is 29.8 Å². The van der Waals surface area contributed by atoms with Crippen molar-refractivity contribution in [1.82, 2.24) is 4.90 Å². The van der Waals surface area contributed by atoms with Gasteiger partial charge < -0.3 is 15.0 Å². The van der Waals surface area contributed by atoms with Crippen molar-refractivity contribution >= 4 is 28.9 Å². The number of nitro benzene ring substituents is 1. The molecule has 3 aliphatic rings. The molecule has 1 saturated heterocycles. The molecule has 1 fully saturated rings. The maximum atomic E-state index is 13.0. The van der Waals surface area contributed by atoms with Gasteiger partial charge in [-0.15, -0.1) is 0 Å². The van der Waals surface area contributed by atoms with Crippen LogP contribution in [-0.2, 0) is 4.74 Å². The molecule has 0 saturated carbocycles. The van der Waals surface area contributed by atoms with Crippen LogP contribution >= 0.6 is 11.6 Å². The number of fused-ring (bicyclic) bond motifs is 3. The number of nitrogens with one attached hydrogen (secondary N) is 1. The third kappa shape index (κ3) is 3.58. The highest BCUT2D eigenvalue weighted by molar-refractivity contribution is 6.32. The Bertz CT molecular complexity index is 1080. The molecule has 7 nitrogen and oxygen atoms in total. The number of nitro groups is 1. The first-order chi connectivity index (χ1) is 15.0. The van der Waals surface area contributed by atoms with Crippen molar-refractivity contribution in [1.29, 1.82) is 0 Å². The molecule has 31 heavy (non-hydrogen) atoms. The first kappa shape index (κ1) is 20.0. The Balaban J connectivity index is 1.48. The lowest BCUT2D eigenvalue weighted by atomic mass is 9.76. The first-order valence-corrected chi connectivity index (χ1v) is 10.8. The lowest BCUT2D eigenvalue weighted by Gasteiger charge is -2.38. The standard InChI is InChI=1S/C23H22ClN3O4/c24-19-6-4-14(13-21(19)27(29)30)22-17-3-1-2-16(17)18-12-15(5-7-20(18)25-22)23(28)26-8-10-31-11-9-26/h1-2,4-7,12-13,16-17,22,25H,3,8-11H2. The molecule has 0 spiro atoms. The van der Waals surface area contributed by atoms with Gasteiger partial charge in [-0.25, -0.2) is 0 Å². The maximum Gasteiger partial charge on any atom is 0.288 e. The van der Waals surface area contributed by atoms with Crippen LogP contribution in [0.4, 0.5) is 11.4 Å². The van der Waals surface area contributed by atoms with Gasteiger partial charge in [0.25, 0.3) is 11.6 Å². The van der Waals surface area contributed by atoms with Crippen LogP contribution < -0.4 is 5.32 Å². The van der Waals surface area contributed by atoms with Crippen molar-refractivity contribution < 1.29 is 14.5 Å². The van der Waals surface area contributed by atoms with Gasteiger partial charge in [0.05, 0.1) is 24.2 Å². The summed E-state index contributed by atoms with van der Waals surface area (Å²) in [7, 11) is 0. The number of nitrogens with zero attached hydrogens (tertiary/aromatic N) is 2. The molecule has 3 unspecified atom stereocenters. The quantitative estimate of drug-likeness (QED) is 0.431. The fourth-order valence-corrected chi connectivity index (χ4v) is 5.06. The molecule has 2 aromatic rings. The van der Waals surface area contributed by atoms with Gasteiger partial charge in [0, 0.05) is 36.3 Å². The zero-order valence-corrected chi connectivity index (χ0v) is 17.5. The minimum atomic E-state index is -0.448. The Labute approximate surface area is 184 Å². The number of anilines is 1. The van der Waals surface area contributed by atoms with Gasteiger partial charge in [0.2, 0.25) is 0 Å². The predicted molar refractivity (Wildman–Crippen MR) is 118 cm³/mol. The highest BCUT2D eigenvalue weighted by Gasteiger charge is 2.39. The number of ether oxygens (including phenoxy) is 1. The number of halogens is 1. The lowest BCUT2D eigenvalue weighted by Crippen LogP contribution is -2.40. The smallest absolute Gasteiger partial charge is 0.288 e. The fraction of sp³-hybridized carbons (Fsp3) is 0.348. The van der Waals surface area contributed by atoms with E-state index in [1.54, 1.807) is 12.1 Å². The minimum absolute atomic E-state index is 0.0278. The van der Waals surface area contributed by atoms with E-state index in [0.29, 0.717) is 31.9 Å². The van der Waals surface area contributed by atoms with Crippen molar-refractivity contribution in [2.24, 2.45) is 5.92 Å². The second kappa shape index (κ2) is 7.98. The van der Waals surface area contributed by atoms with E-state index in [1.807, 2.05) is 29.2 Å². The second-order valence-electron chi connectivity index (χ2n) is 8.15. The molecule has 8 heteroatoms. The normalized spacial score (nSPS) is 24.3. The van der Waals surface area contributed by atoms with E-state index in [1.165, 1.54) is 0 Å². The highest BCUT2D eigenvalue weighted by Crippen LogP contribution is 2.50. The van der Waals surface area contributed by atoms with Gasteiger partial charge >= 0.3 is 0 Å². The number of allylic oxidation sites excluding steroid dienone is 2. The molecule has 0 aromatic heterocycles. The van der Waals surface area contributed by atoms with Crippen LogP contribution in [0.5, 0.6) is 0 Å². The first-order valence-electron chi connectivity index (χ1n) is 10.4. The molecule has 0 radical (unpaired) electrons. The molecule has 1 aliphatic carbocycles. The van der Waals surface area contributed by atoms with E-state index < -0.39 is 4.92 Å². The van der Waals surface area contributed by atoms with Crippen LogP contribution in [0.25, 0.3) is 0 Å². The summed E-state index contributed by atoms with van der Waals surface area (Å²) in [5.74, 6) is 0.385. The van der Waals surface area contributed by atoms with Crippen LogP contribution in [-0.4, -0.2) is 42.0 Å². The summed E-state index contributed by atoms with van der Waals surface area (Å²) in [6.07, 6.45) is 5.20. The summed E-state index contributed by atoms with van der Waals surface area (Å²) < 4.78 is 5.35. The summed E-state index contributed by atoms with van der Waals surface area (Å²) >= 11 is 6.02. The molecular formula is C23H22ClN3O4. The summed E-state index contributed by atoms with van der Waals surface area (Å²) in [5, 5.41) is 15.1. The molecule has 3 atom stereocenters. The van der Waals surface area contributed by atoms with Gasteiger partial charge in [0.15, 0.2) is 0 Å². The molecule has 1 N–H and O–H groups in total. The van der Waals surface area contributed by atoms with E-state index in [9.17, 15) is 14.9 Å². The Hall–Kier alpha value is -2.90. The zero-order valence-electron chi connectivity index (χ0n) is 16.8. The van der Waals surface area contributed by atoms with Crippen LogP contribution in [0.1, 0.15) is 39.9 Å². The maximum absolute atomic E-state index is 13.0. The molecule has 2 aliphatic heterocycles. The van der Waals surface area contributed by atoms with E-state index >= 15 is 0 Å². The topological polar surface area (TPSA) is 84.7 Å². The van der Waals surface area contributed by atoms with Crippen molar-refractivity contribution in [3.8, 4) is 0 Å². The number of rotatable bonds is 3. The Morgan fingerprint density at radius 1 is 1.19 bits per heavy atom. The zero-order chi connectivity index (χ0) is 21.5. The summed E-state index contributed by atoms with van der Waals surface area (Å²) in [6.45, 7) is 2.36. The number of carbonyl (C=O) groups excluding carboxylic acids is 1. The van der Waals surface area contributed by atoms with E-state index in [-0.39, 0.29) is 34.5 Å². The molecule has 5 rings (SSSR count). The number of hydrogen-bond acceptors (Lipinski definition) is 5. The van der Waals surface area contributed by atoms with Crippen LogP contribution in [0, 0.1) is 16.0 Å². The molecule has 0 bridgehead atoms. The highest BCUT2D eigenvalue weighted by atomic mass is 35.5. The molecule has 160 valence electrons. The third-order valence-corrected chi connectivity index (χ3v) is 6.75. The molecular weight excluding hydrogens is 418 g/mol. The summed E-state index contributed by atoms with van der Waals surface area (Å²) in [4.78, 5) is 25.7. The van der Waals surface area contributed by atoms with Crippen molar-refractivity contribution in [3.63, 3.8) is 0 Å². The molecule has 2 heterocycles. The average Bonchev–Trinajstić information content (AvgIpc) is 3.29. The molecule has 2 aromatic carbocycles. The number of amides is 1. The van der Waals surface area contributed by atoms with E-state index in [0.717, 1.165) is 23.2 Å². The van der Waals surface area contributed by atoms with Crippen molar-refractivity contribution in [2.45, 2.75) is 18.4 Å². The van der Waals surface area contributed by atoms with Crippen LogP contribution in [0.2, 0.25) is 5.02 Å². The summed E-state index contributed by atoms with van der Waals surface area (Å²) in [5.41, 5.74) is 3.49. The van der Waals surface area contributed by atoms with E-state index in [2.05, 4.69) is 17.5 Å². The number of benzene rings is 2. The second-order valence-corrected chi connectivity index (χ2v) is 8.56. The van der Waals surface area contributed by atoms with Crippen LogP contribution in [0.3, 0.4) is 0 Å². The number of hydrogen-bond donors (Lipinski definition) is 1. The monoisotopic (exact) mass is 439 g/mol. The van der Waals surface area contributed by atoms with E-state index in [4.69, 9.17) is 16.3 Å². The average molecular weight is 440 g/mol. The van der Waals surface area contributed by atoms with Gasteiger partial charge in [-0.05, 0) is 47.7 Å². The lowest BCUT2D eigenvalue weighted by molar-refractivity contribution is -0.384. The largest absolute Gasteiger partial charge is 0.378 e. The molecule has 1 amide bonds. The van der Waals surface area contributed by atoms with Gasteiger partial charge in [0.1, 0.15) is 5.02 Å². The number of morpholine rings is 1. The fourth-order valence-electron chi connectivity index (χ4n) is 4.87. The van der Waals surface area contributed by atoms with Crippen LogP contribution in [0.15, 0.2) is 48.6 Å². The third-order valence-electron chi connectivity index (χ3n) is 6.43. The van der Waals surface area contributed by atoms with Crippen molar-refractivity contribution in [3.05, 3.63) is 80.4 Å². The summed E-state index contributed by atoms with van der Waals surface area (Å²) in [6, 6.07) is 10.7. The Morgan fingerprint density at radius 2 is 2.00 bits per heavy atom. The predicted octanol–water partition coefficient (Wildman–Crippen LogP) is 4.55. The Kier molecular flexibility index (Phi) is 5.16. The minimum Gasteiger partial charge on any atom is -0.378 e. The number of carbonyl (C=O) groups is 1. The Morgan fingerprint density at radius 3 is 2.77 bits per heavy atom. The van der Waals surface area contributed by atoms with Gasteiger partial charge in [-0.3, -0.25) is 14.9 Å². The SMILES string of the molecule is O=C(c1ccc2c(c1)C1C=CCC1C(c1ccc(Cl)c([N+](=O)[O-])c1)N2)N1CCOCC1. The van der Waals surface area contributed by atoms with Crippen molar-refractivity contribution in [2.75, 3.05) is 31.6 Å².